The lowest BCUT2D eigenvalue weighted by Crippen LogP contribution is -2.48. The Kier molecular flexibility index (Phi) is 5.87. The van der Waals surface area contributed by atoms with Crippen LogP contribution in [0.5, 0.6) is 5.75 Å². The van der Waals surface area contributed by atoms with E-state index < -0.39 is 0 Å². The molecule has 5 heteroatoms. The van der Waals surface area contributed by atoms with Gasteiger partial charge in [-0.25, -0.2) is 0 Å². The molecular weight excluding hydrogens is 344 g/mol. The van der Waals surface area contributed by atoms with Crippen LogP contribution in [-0.2, 0) is 0 Å². The van der Waals surface area contributed by atoms with Crippen LogP contribution in [0.2, 0.25) is 0 Å². The Bertz CT molecular complexity index is 538. The van der Waals surface area contributed by atoms with Crippen molar-refractivity contribution in [2.75, 3.05) is 39.8 Å². The number of rotatable bonds is 4. The van der Waals surface area contributed by atoms with Crippen molar-refractivity contribution in [3.05, 3.63) is 27.7 Å². The number of amides is 1. The van der Waals surface area contributed by atoms with Gasteiger partial charge in [0.2, 0.25) is 0 Å². The van der Waals surface area contributed by atoms with Crippen LogP contribution in [0.1, 0.15) is 42.6 Å². The summed E-state index contributed by atoms with van der Waals surface area (Å²) in [6, 6.07) is 4.01. The first-order valence-electron chi connectivity index (χ1n) is 7.87. The maximum atomic E-state index is 12.9. The molecule has 1 amide bonds. The van der Waals surface area contributed by atoms with E-state index in [1.54, 1.807) is 7.11 Å². The molecule has 2 rings (SSSR count). The topological polar surface area (TPSA) is 32.8 Å². The fraction of sp³-hybridized carbons (Fsp3) is 0.588. The zero-order chi connectivity index (χ0) is 16.3. The molecule has 122 valence electrons. The van der Waals surface area contributed by atoms with Crippen LogP contribution >= 0.6 is 15.9 Å². The highest BCUT2D eigenvalue weighted by Crippen LogP contribution is 2.34. The smallest absolute Gasteiger partial charge is 0.257 e. The summed E-state index contributed by atoms with van der Waals surface area (Å²) in [5.74, 6) is 1.06. The van der Waals surface area contributed by atoms with E-state index in [1.165, 1.54) is 0 Å². The van der Waals surface area contributed by atoms with Gasteiger partial charge in [0.1, 0.15) is 5.75 Å². The van der Waals surface area contributed by atoms with Crippen LogP contribution in [0.15, 0.2) is 16.6 Å². The molecule has 1 aliphatic heterocycles. The summed E-state index contributed by atoms with van der Waals surface area (Å²) >= 11 is 3.54. The highest BCUT2D eigenvalue weighted by Gasteiger charge is 2.25. The lowest BCUT2D eigenvalue weighted by atomic mass is 9.99. The minimum Gasteiger partial charge on any atom is -0.495 e. The zero-order valence-corrected chi connectivity index (χ0v) is 15.4. The molecule has 0 aliphatic carbocycles. The Hall–Kier alpha value is -1.07. The Morgan fingerprint density at radius 2 is 1.91 bits per heavy atom. The average molecular weight is 369 g/mol. The Morgan fingerprint density at radius 3 is 2.41 bits per heavy atom. The van der Waals surface area contributed by atoms with E-state index in [4.69, 9.17) is 4.74 Å². The second-order valence-electron chi connectivity index (χ2n) is 5.96. The summed E-state index contributed by atoms with van der Waals surface area (Å²) in [5, 5.41) is 0. The van der Waals surface area contributed by atoms with Gasteiger partial charge in [-0.1, -0.05) is 20.8 Å². The van der Waals surface area contributed by atoms with E-state index in [9.17, 15) is 4.79 Å². The number of halogens is 1. The van der Waals surface area contributed by atoms with Gasteiger partial charge in [-0.2, -0.15) is 0 Å². The van der Waals surface area contributed by atoms with Gasteiger partial charge in [0.05, 0.1) is 17.1 Å². The van der Waals surface area contributed by atoms with Crippen LogP contribution in [0, 0.1) is 0 Å². The van der Waals surface area contributed by atoms with Crippen LogP contribution in [0.4, 0.5) is 0 Å². The van der Waals surface area contributed by atoms with E-state index >= 15 is 0 Å². The first kappa shape index (κ1) is 17.3. The highest BCUT2D eigenvalue weighted by atomic mass is 79.9. The molecule has 1 aliphatic rings. The molecule has 0 spiro atoms. The number of likely N-dealkylation sites (N-methyl/N-ethyl adjacent to an activating group) is 1. The third-order valence-electron chi connectivity index (χ3n) is 4.27. The zero-order valence-electron chi connectivity index (χ0n) is 13.9. The summed E-state index contributed by atoms with van der Waals surface area (Å²) in [7, 11) is 1.61. The first-order chi connectivity index (χ1) is 10.5. The molecule has 0 saturated carbocycles. The lowest BCUT2D eigenvalue weighted by molar-refractivity contribution is 0.0640. The average Bonchev–Trinajstić information content (AvgIpc) is 2.53. The lowest BCUT2D eigenvalue weighted by Gasteiger charge is -2.34. The number of ether oxygens (including phenoxy) is 1. The summed E-state index contributed by atoms with van der Waals surface area (Å²) in [6.45, 7) is 10.9. The number of hydrogen-bond acceptors (Lipinski definition) is 3. The third kappa shape index (κ3) is 3.63. The van der Waals surface area contributed by atoms with Crippen molar-refractivity contribution >= 4 is 21.8 Å². The Labute approximate surface area is 141 Å². The second kappa shape index (κ2) is 7.47. The number of carbonyl (C=O) groups is 1. The summed E-state index contributed by atoms with van der Waals surface area (Å²) in [6.07, 6.45) is 0. The minimum atomic E-state index is 0.0656. The van der Waals surface area contributed by atoms with Crippen molar-refractivity contribution in [1.82, 2.24) is 9.80 Å². The van der Waals surface area contributed by atoms with Crippen LogP contribution < -0.4 is 4.74 Å². The van der Waals surface area contributed by atoms with E-state index in [2.05, 4.69) is 41.6 Å². The second-order valence-corrected chi connectivity index (χ2v) is 6.82. The minimum absolute atomic E-state index is 0.0656. The van der Waals surface area contributed by atoms with Crippen molar-refractivity contribution in [3.63, 3.8) is 0 Å². The molecule has 1 aromatic carbocycles. The summed E-state index contributed by atoms with van der Waals surface area (Å²) in [5.41, 5.74) is 1.80. The van der Waals surface area contributed by atoms with Gasteiger partial charge in [0.15, 0.2) is 0 Å². The van der Waals surface area contributed by atoms with Crippen molar-refractivity contribution in [1.29, 1.82) is 0 Å². The predicted octanol–water partition coefficient (Wildman–Crippen LogP) is 3.36. The van der Waals surface area contributed by atoms with Gasteiger partial charge in [-0.3, -0.25) is 4.79 Å². The van der Waals surface area contributed by atoms with E-state index in [0.717, 1.165) is 42.8 Å². The number of benzene rings is 1. The molecule has 0 unspecified atom stereocenters. The van der Waals surface area contributed by atoms with Gasteiger partial charge >= 0.3 is 0 Å². The van der Waals surface area contributed by atoms with Gasteiger partial charge in [0, 0.05) is 26.2 Å². The van der Waals surface area contributed by atoms with Crippen molar-refractivity contribution in [2.45, 2.75) is 26.7 Å². The molecule has 1 aromatic rings. The van der Waals surface area contributed by atoms with E-state index in [0.29, 0.717) is 17.2 Å². The summed E-state index contributed by atoms with van der Waals surface area (Å²) < 4.78 is 6.30. The fourth-order valence-corrected chi connectivity index (χ4v) is 3.39. The van der Waals surface area contributed by atoms with Gasteiger partial charge in [-0.15, -0.1) is 0 Å². The largest absolute Gasteiger partial charge is 0.495 e. The monoisotopic (exact) mass is 368 g/mol. The maximum Gasteiger partial charge on any atom is 0.257 e. The normalized spacial score (nSPS) is 16.2. The number of hydrogen-bond donors (Lipinski definition) is 0. The number of nitrogens with zero attached hydrogens (tertiary/aromatic N) is 2. The quantitative estimate of drug-likeness (QED) is 0.816. The Morgan fingerprint density at radius 1 is 1.27 bits per heavy atom. The molecule has 1 heterocycles. The number of carbonyl (C=O) groups excluding carboxylic acids is 1. The van der Waals surface area contributed by atoms with Crippen LogP contribution in [0.25, 0.3) is 0 Å². The van der Waals surface area contributed by atoms with Crippen molar-refractivity contribution in [2.24, 2.45) is 0 Å². The number of piperazine rings is 1. The van der Waals surface area contributed by atoms with E-state index in [-0.39, 0.29) is 5.91 Å². The summed E-state index contributed by atoms with van der Waals surface area (Å²) in [4.78, 5) is 17.2. The van der Waals surface area contributed by atoms with E-state index in [1.807, 2.05) is 17.0 Å². The molecule has 1 fully saturated rings. The predicted molar refractivity (Wildman–Crippen MR) is 92.8 cm³/mol. The molecule has 0 aromatic heterocycles. The Balaban J connectivity index is 2.28. The molecule has 0 N–H and O–H groups in total. The molecule has 4 nitrogen and oxygen atoms in total. The van der Waals surface area contributed by atoms with Crippen LogP contribution in [0.3, 0.4) is 0 Å². The fourth-order valence-electron chi connectivity index (χ4n) is 2.75. The van der Waals surface area contributed by atoms with Gasteiger partial charge < -0.3 is 14.5 Å². The molecule has 0 atom stereocenters. The highest BCUT2D eigenvalue weighted by molar-refractivity contribution is 9.10. The molecule has 22 heavy (non-hydrogen) atoms. The van der Waals surface area contributed by atoms with Crippen molar-refractivity contribution < 1.29 is 9.53 Å². The van der Waals surface area contributed by atoms with Gasteiger partial charge in [-0.05, 0) is 46.1 Å². The SMILES string of the molecule is CCN1CCN(C(=O)c2cc(C(C)C)cc(Br)c2OC)CC1. The molecule has 1 saturated heterocycles. The molecule has 0 radical (unpaired) electrons. The number of methoxy groups -OCH3 is 1. The standard InChI is InChI=1S/C17H25BrN2O2/c1-5-19-6-8-20(9-7-19)17(21)14-10-13(12(2)3)11-15(18)16(14)22-4/h10-12H,5-9H2,1-4H3. The molecular formula is C17H25BrN2O2. The van der Waals surface area contributed by atoms with Gasteiger partial charge in [0.25, 0.3) is 5.91 Å². The van der Waals surface area contributed by atoms with Crippen LogP contribution in [-0.4, -0.2) is 55.5 Å². The molecule has 0 bridgehead atoms. The maximum absolute atomic E-state index is 12.9. The third-order valence-corrected chi connectivity index (χ3v) is 4.86. The first-order valence-corrected chi connectivity index (χ1v) is 8.66. The van der Waals surface area contributed by atoms with Crippen molar-refractivity contribution in [3.8, 4) is 5.75 Å².